The Kier molecular flexibility index (Phi) is 1.92. The topological polar surface area (TPSA) is 58.0 Å². The minimum atomic E-state index is 0.0648. The van der Waals surface area contributed by atoms with Gasteiger partial charge >= 0.3 is 0 Å². The number of hydrogen-bond acceptors (Lipinski definition) is 2. The molecule has 0 bridgehead atoms. The van der Waals surface area contributed by atoms with Crippen LogP contribution in [0.4, 0.5) is 0 Å². The quantitative estimate of drug-likeness (QED) is 0.298. The Morgan fingerprint density at radius 2 is 2.44 bits per heavy atom. The molecule has 1 unspecified atom stereocenters. The minimum absolute atomic E-state index is 0.0648. The average molecular weight is 127 g/mol. The second-order valence-electron chi connectivity index (χ2n) is 2.29. The van der Waals surface area contributed by atoms with E-state index in [2.05, 4.69) is 10.0 Å². The van der Waals surface area contributed by atoms with Crippen LogP contribution in [0.5, 0.6) is 0 Å². The lowest BCUT2D eigenvalue weighted by Crippen LogP contribution is -2.10. The summed E-state index contributed by atoms with van der Waals surface area (Å²) in [5.74, 6) is 0.390. The zero-order valence-electron chi connectivity index (χ0n) is 5.32. The van der Waals surface area contributed by atoms with Crippen molar-refractivity contribution >= 4 is 0 Å². The predicted octanol–water partition coefficient (Wildman–Crippen LogP) is 1.33. The molecule has 4 nitrogen and oxygen atoms in total. The normalized spacial score (nSPS) is 33.9. The van der Waals surface area contributed by atoms with E-state index in [0.29, 0.717) is 12.5 Å². The van der Waals surface area contributed by atoms with Gasteiger partial charge in [-0.3, -0.25) is 0 Å². The lowest BCUT2D eigenvalue weighted by molar-refractivity contribution is 0.186. The Morgan fingerprint density at radius 1 is 1.67 bits per heavy atom. The van der Waals surface area contributed by atoms with Crippen molar-refractivity contribution in [1.82, 2.24) is 0 Å². The highest BCUT2D eigenvalue weighted by Gasteiger charge is 2.22. The molecule has 1 aliphatic heterocycles. The maximum absolute atomic E-state index is 8.05. The first-order valence-electron chi connectivity index (χ1n) is 2.96. The van der Waals surface area contributed by atoms with E-state index in [9.17, 15) is 0 Å². The Hall–Kier alpha value is -0.730. The summed E-state index contributed by atoms with van der Waals surface area (Å²) in [6.45, 7) is 3.33. The summed E-state index contributed by atoms with van der Waals surface area (Å²) in [6.07, 6.45) is 0. The number of hydrogen-bond donors (Lipinski definition) is 0. The van der Waals surface area contributed by atoms with Crippen molar-refractivity contribution in [1.29, 1.82) is 0 Å². The van der Waals surface area contributed by atoms with Crippen LogP contribution in [-0.2, 0) is 4.74 Å². The van der Waals surface area contributed by atoms with Gasteiger partial charge in [-0.1, -0.05) is 12.0 Å². The highest BCUT2D eigenvalue weighted by Crippen LogP contribution is 2.15. The number of nitrogens with zero attached hydrogens (tertiary/aromatic N) is 3. The summed E-state index contributed by atoms with van der Waals surface area (Å²) in [7, 11) is 0. The molecule has 1 saturated heterocycles. The van der Waals surface area contributed by atoms with Crippen LogP contribution in [0.15, 0.2) is 5.11 Å². The molecule has 0 radical (unpaired) electrons. The molecule has 4 heteroatoms. The molecule has 1 fully saturated rings. The van der Waals surface area contributed by atoms with Crippen LogP contribution < -0.4 is 0 Å². The average Bonchev–Trinajstić information content (AvgIpc) is 2.18. The molecular weight excluding hydrogens is 118 g/mol. The van der Waals surface area contributed by atoms with Gasteiger partial charge in [-0.05, 0) is 11.4 Å². The third-order valence-electron chi connectivity index (χ3n) is 1.53. The van der Waals surface area contributed by atoms with Gasteiger partial charge in [-0.2, -0.15) is 0 Å². The SMILES string of the molecule is C[C@H]1COCC1N=[N+]=[N-]. The third-order valence-corrected chi connectivity index (χ3v) is 1.53. The third kappa shape index (κ3) is 1.34. The van der Waals surface area contributed by atoms with E-state index in [1.54, 1.807) is 0 Å². The maximum atomic E-state index is 8.05. The Labute approximate surface area is 53.4 Å². The smallest absolute Gasteiger partial charge is 0.0655 e. The van der Waals surface area contributed by atoms with Crippen LogP contribution in [0, 0.1) is 5.92 Å². The van der Waals surface area contributed by atoms with E-state index < -0.39 is 0 Å². The first-order valence-corrected chi connectivity index (χ1v) is 2.96. The van der Waals surface area contributed by atoms with Crippen molar-refractivity contribution in [2.75, 3.05) is 13.2 Å². The summed E-state index contributed by atoms with van der Waals surface area (Å²) in [5, 5.41) is 3.56. The zero-order chi connectivity index (χ0) is 6.69. The van der Waals surface area contributed by atoms with Crippen molar-refractivity contribution in [3.05, 3.63) is 10.4 Å². The number of ether oxygens (including phenoxy) is 1. The second kappa shape index (κ2) is 2.71. The van der Waals surface area contributed by atoms with Gasteiger partial charge in [0.2, 0.25) is 0 Å². The van der Waals surface area contributed by atoms with E-state index >= 15 is 0 Å². The van der Waals surface area contributed by atoms with Crippen molar-refractivity contribution < 1.29 is 4.74 Å². The molecule has 0 aromatic rings. The molecule has 0 amide bonds. The van der Waals surface area contributed by atoms with Crippen LogP contribution in [0.1, 0.15) is 6.92 Å². The molecule has 2 atom stereocenters. The second-order valence-corrected chi connectivity index (χ2v) is 2.29. The van der Waals surface area contributed by atoms with E-state index in [4.69, 9.17) is 10.3 Å². The first kappa shape index (κ1) is 6.39. The highest BCUT2D eigenvalue weighted by molar-refractivity contribution is 4.77. The molecule has 0 aliphatic carbocycles. The molecule has 0 N–H and O–H groups in total. The molecule has 1 rings (SSSR count). The van der Waals surface area contributed by atoms with E-state index in [-0.39, 0.29) is 6.04 Å². The summed E-state index contributed by atoms with van der Waals surface area (Å²) >= 11 is 0. The summed E-state index contributed by atoms with van der Waals surface area (Å²) in [6, 6.07) is 0.0648. The van der Waals surface area contributed by atoms with E-state index in [1.165, 1.54) is 0 Å². The fourth-order valence-electron chi connectivity index (χ4n) is 0.863. The predicted molar refractivity (Wildman–Crippen MR) is 32.9 cm³/mol. The molecular formula is C5H9N3O. The molecule has 0 spiro atoms. The zero-order valence-corrected chi connectivity index (χ0v) is 5.32. The van der Waals surface area contributed by atoms with Gasteiger partial charge < -0.3 is 4.74 Å². The molecule has 1 aliphatic rings. The van der Waals surface area contributed by atoms with Gasteiger partial charge in [0.1, 0.15) is 0 Å². The van der Waals surface area contributed by atoms with Crippen molar-refractivity contribution in [3.8, 4) is 0 Å². The Bertz CT molecular complexity index is 141. The Balaban J connectivity index is 2.49. The van der Waals surface area contributed by atoms with Gasteiger partial charge in [-0.15, -0.1) is 0 Å². The lowest BCUT2D eigenvalue weighted by atomic mass is 10.1. The van der Waals surface area contributed by atoms with Crippen molar-refractivity contribution in [3.63, 3.8) is 0 Å². The first-order chi connectivity index (χ1) is 4.34. The molecule has 50 valence electrons. The van der Waals surface area contributed by atoms with Crippen molar-refractivity contribution in [2.24, 2.45) is 11.0 Å². The molecule has 9 heavy (non-hydrogen) atoms. The Morgan fingerprint density at radius 3 is 2.89 bits per heavy atom. The standard InChI is InChI=1S/C5H9N3O/c1-4-2-9-3-5(4)7-8-6/h4-5H,2-3H2,1H3/t4-,5?/m0/s1. The van der Waals surface area contributed by atoms with Crippen molar-refractivity contribution in [2.45, 2.75) is 13.0 Å². The molecule has 0 aromatic carbocycles. The van der Waals surface area contributed by atoms with Gasteiger partial charge in [0.05, 0.1) is 12.6 Å². The molecule has 0 aromatic heterocycles. The minimum Gasteiger partial charge on any atom is -0.381 e. The largest absolute Gasteiger partial charge is 0.381 e. The molecule has 0 saturated carbocycles. The lowest BCUT2D eigenvalue weighted by Gasteiger charge is -2.01. The highest BCUT2D eigenvalue weighted by atomic mass is 16.5. The summed E-state index contributed by atoms with van der Waals surface area (Å²) in [4.78, 5) is 2.71. The maximum Gasteiger partial charge on any atom is 0.0655 e. The van der Waals surface area contributed by atoms with Gasteiger partial charge in [0.15, 0.2) is 0 Å². The van der Waals surface area contributed by atoms with Crippen LogP contribution >= 0.6 is 0 Å². The van der Waals surface area contributed by atoms with Gasteiger partial charge in [0, 0.05) is 11.5 Å². The van der Waals surface area contributed by atoms with Gasteiger partial charge in [0.25, 0.3) is 0 Å². The van der Waals surface area contributed by atoms with Crippen LogP contribution in [0.2, 0.25) is 0 Å². The van der Waals surface area contributed by atoms with E-state index in [0.717, 1.165) is 6.61 Å². The fourth-order valence-corrected chi connectivity index (χ4v) is 0.863. The monoisotopic (exact) mass is 127 g/mol. The van der Waals surface area contributed by atoms with Crippen LogP contribution in [-0.4, -0.2) is 19.3 Å². The van der Waals surface area contributed by atoms with Crippen LogP contribution in [0.25, 0.3) is 10.4 Å². The van der Waals surface area contributed by atoms with E-state index in [1.807, 2.05) is 6.92 Å². The summed E-state index contributed by atoms with van der Waals surface area (Å²) < 4.78 is 5.06. The van der Waals surface area contributed by atoms with Gasteiger partial charge in [-0.25, -0.2) is 0 Å². The number of azide groups is 1. The van der Waals surface area contributed by atoms with Crippen LogP contribution in [0.3, 0.4) is 0 Å². The number of rotatable bonds is 1. The molecule has 1 heterocycles. The summed E-state index contributed by atoms with van der Waals surface area (Å²) in [5.41, 5.74) is 8.05. The fraction of sp³-hybridized carbons (Fsp3) is 1.00.